The molecule has 6 rings (SSSR count). The van der Waals surface area contributed by atoms with Crippen molar-refractivity contribution in [3.63, 3.8) is 0 Å². The van der Waals surface area contributed by atoms with Crippen LogP contribution in [0.15, 0.2) is 65.6 Å². The molecule has 1 saturated heterocycles. The molecule has 4 aromatic rings. The molecule has 228 valence electrons. The standard InChI is InChI=1S/C33H38N8O3/c1-37(2)24-8-9-26-22(18-24)12-13-41(32(26)43)29-7-5-6-25(27(29)21-42)23-19-28(33(44)39(4)20-23)34-30-10-11-31(36-35-30)40-16-14-38(3)15-17-40/h5-11,18-20,42H,12-17,21H2,1-4H3,(H,34,35). The highest BCUT2D eigenvalue weighted by Crippen LogP contribution is 2.35. The van der Waals surface area contributed by atoms with Crippen molar-refractivity contribution in [3.05, 3.63) is 87.8 Å². The van der Waals surface area contributed by atoms with E-state index in [9.17, 15) is 14.7 Å². The zero-order valence-electron chi connectivity index (χ0n) is 25.6. The molecule has 2 aromatic carbocycles. The molecule has 0 unspecified atom stereocenters. The van der Waals surface area contributed by atoms with Crippen LogP contribution >= 0.6 is 0 Å². The Balaban J connectivity index is 1.29. The van der Waals surface area contributed by atoms with Crippen LogP contribution in [-0.4, -0.2) is 84.5 Å². The number of amides is 1. The number of aliphatic hydroxyl groups excluding tert-OH is 1. The molecule has 0 spiro atoms. The first-order valence-corrected chi connectivity index (χ1v) is 14.8. The summed E-state index contributed by atoms with van der Waals surface area (Å²) in [5, 5.41) is 22.5. The summed E-state index contributed by atoms with van der Waals surface area (Å²) in [6, 6.07) is 17.0. The van der Waals surface area contributed by atoms with E-state index in [1.54, 1.807) is 24.2 Å². The number of nitrogens with zero attached hydrogens (tertiary/aromatic N) is 7. The molecule has 2 N–H and O–H groups in total. The van der Waals surface area contributed by atoms with Crippen LogP contribution in [0.1, 0.15) is 21.5 Å². The molecule has 4 heterocycles. The van der Waals surface area contributed by atoms with Crippen molar-refractivity contribution < 1.29 is 9.90 Å². The molecule has 2 aliphatic rings. The topological polar surface area (TPSA) is 110 Å². The summed E-state index contributed by atoms with van der Waals surface area (Å²) in [5.74, 6) is 1.18. The molecule has 11 nitrogen and oxygen atoms in total. The highest BCUT2D eigenvalue weighted by atomic mass is 16.3. The SMILES string of the molecule is CN1CCN(c2ccc(Nc3cc(-c4cccc(N5CCc6cc(N(C)C)ccc6C5=O)c4CO)cn(C)c3=O)nn2)CC1. The van der Waals surface area contributed by atoms with Gasteiger partial charge in [-0.05, 0) is 67.1 Å². The molecule has 44 heavy (non-hydrogen) atoms. The van der Waals surface area contributed by atoms with Gasteiger partial charge in [-0.2, -0.15) is 0 Å². The first-order chi connectivity index (χ1) is 21.2. The fraction of sp³-hybridized carbons (Fsp3) is 0.333. The number of rotatable bonds is 7. The number of carbonyl (C=O) groups is 1. The second kappa shape index (κ2) is 12.1. The molecule has 2 aromatic heterocycles. The zero-order chi connectivity index (χ0) is 31.0. The summed E-state index contributed by atoms with van der Waals surface area (Å²) in [6.45, 7) is 3.95. The summed E-state index contributed by atoms with van der Waals surface area (Å²) in [6.07, 6.45) is 2.45. The molecule has 11 heteroatoms. The highest BCUT2D eigenvalue weighted by Gasteiger charge is 2.28. The maximum Gasteiger partial charge on any atom is 0.274 e. The van der Waals surface area contributed by atoms with Crippen molar-refractivity contribution in [1.29, 1.82) is 0 Å². The predicted octanol–water partition coefficient (Wildman–Crippen LogP) is 3.10. The van der Waals surface area contributed by atoms with Crippen molar-refractivity contribution >= 4 is 34.6 Å². The highest BCUT2D eigenvalue weighted by molar-refractivity contribution is 6.09. The number of aromatic nitrogens is 3. The van der Waals surface area contributed by atoms with Crippen LogP contribution in [0.25, 0.3) is 11.1 Å². The second-order valence-electron chi connectivity index (χ2n) is 11.7. The van der Waals surface area contributed by atoms with Crippen molar-refractivity contribution in [2.24, 2.45) is 7.05 Å². The lowest BCUT2D eigenvalue weighted by molar-refractivity contribution is 0.0980. The van der Waals surface area contributed by atoms with Crippen LogP contribution in [0.5, 0.6) is 0 Å². The van der Waals surface area contributed by atoms with E-state index in [1.165, 1.54) is 4.57 Å². The van der Waals surface area contributed by atoms with Crippen LogP contribution in [0.4, 0.5) is 28.7 Å². The maximum absolute atomic E-state index is 13.7. The van der Waals surface area contributed by atoms with E-state index >= 15 is 0 Å². The molecule has 0 aliphatic carbocycles. The number of pyridine rings is 1. The molecule has 1 amide bonds. The smallest absolute Gasteiger partial charge is 0.274 e. The summed E-state index contributed by atoms with van der Waals surface area (Å²) in [7, 11) is 7.76. The third kappa shape index (κ3) is 5.63. The van der Waals surface area contributed by atoms with Gasteiger partial charge in [0.2, 0.25) is 0 Å². The average Bonchev–Trinajstić information content (AvgIpc) is 3.03. The van der Waals surface area contributed by atoms with Crippen molar-refractivity contribution in [2.45, 2.75) is 13.0 Å². The molecule has 1 fully saturated rings. The summed E-state index contributed by atoms with van der Waals surface area (Å²) in [4.78, 5) is 35.0. The molecule has 2 aliphatic heterocycles. The lowest BCUT2D eigenvalue weighted by Crippen LogP contribution is -2.44. The number of aryl methyl sites for hydroxylation is 1. The van der Waals surface area contributed by atoms with Gasteiger partial charge in [0.15, 0.2) is 11.6 Å². The number of hydrogen-bond acceptors (Lipinski definition) is 9. The molecule has 0 saturated carbocycles. The van der Waals surface area contributed by atoms with Gasteiger partial charge in [0.05, 0.1) is 12.3 Å². The minimum Gasteiger partial charge on any atom is -0.392 e. The van der Waals surface area contributed by atoms with Gasteiger partial charge in [-0.1, -0.05) is 12.1 Å². The Bertz CT molecular complexity index is 1740. The number of likely N-dealkylation sites (N-methyl/N-ethyl adjacent to an activating group) is 1. The number of hydrogen-bond donors (Lipinski definition) is 2. The van der Waals surface area contributed by atoms with E-state index in [0.29, 0.717) is 41.3 Å². The summed E-state index contributed by atoms with van der Waals surface area (Å²) in [5.41, 5.74) is 5.60. The van der Waals surface area contributed by atoms with Gasteiger partial charge in [0.1, 0.15) is 5.69 Å². The number of carbonyl (C=O) groups excluding carboxylic acids is 1. The average molecular weight is 595 g/mol. The Morgan fingerprint density at radius 3 is 2.41 bits per heavy atom. The number of benzene rings is 2. The van der Waals surface area contributed by atoms with Crippen molar-refractivity contribution in [3.8, 4) is 11.1 Å². The minimum absolute atomic E-state index is 0.0928. The Morgan fingerprint density at radius 1 is 0.909 bits per heavy atom. The summed E-state index contributed by atoms with van der Waals surface area (Å²) < 4.78 is 1.50. The fourth-order valence-electron chi connectivity index (χ4n) is 5.93. The first kappa shape index (κ1) is 29.3. The van der Waals surface area contributed by atoms with Crippen molar-refractivity contribution in [1.82, 2.24) is 19.7 Å². The zero-order valence-corrected chi connectivity index (χ0v) is 25.6. The van der Waals surface area contributed by atoms with Gasteiger partial charge in [0.25, 0.3) is 11.5 Å². The van der Waals surface area contributed by atoms with Crippen LogP contribution < -0.4 is 25.6 Å². The molecular weight excluding hydrogens is 556 g/mol. The molecule has 0 bridgehead atoms. The van der Waals surface area contributed by atoms with E-state index in [4.69, 9.17) is 0 Å². The Morgan fingerprint density at radius 2 is 1.70 bits per heavy atom. The second-order valence-corrected chi connectivity index (χ2v) is 11.7. The van der Waals surface area contributed by atoms with E-state index in [1.807, 2.05) is 61.5 Å². The van der Waals surface area contributed by atoms with Gasteiger partial charge >= 0.3 is 0 Å². The lowest BCUT2D eigenvalue weighted by atomic mass is 9.94. The van der Waals surface area contributed by atoms with E-state index in [0.717, 1.165) is 54.4 Å². The van der Waals surface area contributed by atoms with E-state index in [-0.39, 0.29) is 18.1 Å². The van der Waals surface area contributed by atoms with Gasteiger partial charge < -0.3 is 34.6 Å². The Hall–Kier alpha value is -4.74. The van der Waals surface area contributed by atoms with Gasteiger partial charge in [-0.3, -0.25) is 9.59 Å². The molecule has 0 radical (unpaired) electrons. The number of anilines is 5. The normalized spacial score (nSPS) is 15.3. The van der Waals surface area contributed by atoms with Crippen LogP contribution in [0.3, 0.4) is 0 Å². The quantitative estimate of drug-likeness (QED) is 0.334. The number of nitrogens with one attached hydrogen (secondary N) is 1. The Kier molecular flexibility index (Phi) is 8.07. The van der Waals surface area contributed by atoms with Gasteiger partial charge in [-0.15, -0.1) is 10.2 Å². The number of fused-ring (bicyclic) bond motifs is 1. The summed E-state index contributed by atoms with van der Waals surface area (Å²) >= 11 is 0. The van der Waals surface area contributed by atoms with Crippen molar-refractivity contribution in [2.75, 3.05) is 73.9 Å². The largest absolute Gasteiger partial charge is 0.392 e. The lowest BCUT2D eigenvalue weighted by Gasteiger charge is -2.32. The van der Waals surface area contributed by atoms with E-state index in [2.05, 4.69) is 38.4 Å². The molecule has 0 atom stereocenters. The van der Waals surface area contributed by atoms with Gasteiger partial charge in [-0.25, -0.2) is 0 Å². The number of aliphatic hydroxyl groups is 1. The Labute approximate surface area is 257 Å². The third-order valence-corrected chi connectivity index (χ3v) is 8.52. The van der Waals surface area contributed by atoms with Crippen LogP contribution in [0.2, 0.25) is 0 Å². The third-order valence-electron chi connectivity index (χ3n) is 8.52. The fourth-order valence-corrected chi connectivity index (χ4v) is 5.93. The van der Waals surface area contributed by atoms with E-state index < -0.39 is 0 Å². The molecular formula is C33H38N8O3. The van der Waals surface area contributed by atoms with Gasteiger partial charge in [0, 0.05) is 82.4 Å². The van der Waals surface area contributed by atoms with Crippen LogP contribution in [0, 0.1) is 0 Å². The predicted molar refractivity (Wildman–Crippen MR) is 174 cm³/mol. The maximum atomic E-state index is 13.7. The first-order valence-electron chi connectivity index (χ1n) is 14.8. The number of piperazine rings is 1. The monoisotopic (exact) mass is 594 g/mol. The van der Waals surface area contributed by atoms with Crippen LogP contribution in [-0.2, 0) is 20.1 Å². The minimum atomic E-state index is -0.271.